The molecule has 0 aliphatic carbocycles. The Kier molecular flexibility index (Phi) is 2.86. The molecule has 0 unspecified atom stereocenters. The smallest absolute Gasteiger partial charge is 0.304 e. The zero-order valence-corrected chi connectivity index (χ0v) is 8.63. The molecule has 1 aromatic heterocycles. The summed E-state index contributed by atoms with van der Waals surface area (Å²) in [5, 5.41) is 25.1. The van der Waals surface area contributed by atoms with Crippen LogP contribution in [0, 0.1) is 15.3 Å². The van der Waals surface area contributed by atoms with Crippen LogP contribution in [0.25, 0.3) is 0 Å². The maximum atomic E-state index is 11.2. The van der Waals surface area contributed by atoms with E-state index in [2.05, 4.69) is 5.32 Å². The highest BCUT2D eigenvalue weighted by Crippen LogP contribution is 2.25. The van der Waals surface area contributed by atoms with Crippen molar-refractivity contribution in [3.63, 3.8) is 0 Å². The van der Waals surface area contributed by atoms with Crippen LogP contribution in [0.15, 0.2) is 18.5 Å². The van der Waals surface area contributed by atoms with Crippen LogP contribution in [0.4, 0.5) is 11.4 Å². The third-order valence-corrected chi connectivity index (χ3v) is 2.55. The molecule has 86 valence electrons. The lowest BCUT2D eigenvalue weighted by atomic mass is 10.2. The van der Waals surface area contributed by atoms with Crippen molar-refractivity contribution in [3.05, 3.63) is 33.8 Å². The summed E-state index contributed by atoms with van der Waals surface area (Å²) in [4.78, 5) is 12.2. The Morgan fingerprint density at radius 3 is 2.75 bits per heavy atom. The van der Waals surface area contributed by atoms with E-state index in [1.807, 2.05) is 4.90 Å². The van der Waals surface area contributed by atoms with Gasteiger partial charge in [-0.1, -0.05) is 0 Å². The van der Waals surface area contributed by atoms with Gasteiger partial charge in [-0.3, -0.25) is 10.1 Å². The Labute approximate surface area is 92.0 Å². The molecule has 1 fully saturated rings. The second kappa shape index (κ2) is 4.31. The molecule has 1 saturated heterocycles. The van der Waals surface area contributed by atoms with Gasteiger partial charge in [-0.2, -0.15) is 4.73 Å². The van der Waals surface area contributed by atoms with Crippen LogP contribution >= 0.6 is 0 Å². The minimum atomic E-state index is -0.461. The predicted molar refractivity (Wildman–Crippen MR) is 57.1 cm³/mol. The zero-order valence-electron chi connectivity index (χ0n) is 8.63. The van der Waals surface area contributed by atoms with Gasteiger partial charge in [-0.25, -0.2) is 0 Å². The van der Waals surface area contributed by atoms with Crippen LogP contribution in [-0.2, 0) is 0 Å². The first-order chi connectivity index (χ1) is 7.68. The molecule has 2 heterocycles. The van der Waals surface area contributed by atoms with Crippen molar-refractivity contribution >= 4 is 11.4 Å². The van der Waals surface area contributed by atoms with Gasteiger partial charge >= 0.3 is 5.69 Å². The Hall–Kier alpha value is -1.89. The highest BCUT2D eigenvalue weighted by Gasteiger charge is 2.23. The molecule has 0 saturated carbocycles. The minimum Gasteiger partial charge on any atom is -0.619 e. The van der Waals surface area contributed by atoms with Crippen molar-refractivity contribution in [2.45, 2.75) is 0 Å². The quantitative estimate of drug-likeness (QED) is 0.321. The van der Waals surface area contributed by atoms with E-state index in [0.717, 1.165) is 19.3 Å². The molecule has 0 atom stereocenters. The number of pyridine rings is 1. The largest absolute Gasteiger partial charge is 0.619 e. The number of nitrogens with one attached hydrogen (secondary N) is 1. The van der Waals surface area contributed by atoms with Crippen molar-refractivity contribution < 1.29 is 9.65 Å². The van der Waals surface area contributed by atoms with Gasteiger partial charge in [0, 0.05) is 26.2 Å². The van der Waals surface area contributed by atoms with E-state index in [-0.39, 0.29) is 5.69 Å². The summed E-state index contributed by atoms with van der Waals surface area (Å²) < 4.78 is 0.588. The Morgan fingerprint density at radius 1 is 1.44 bits per heavy atom. The number of nitro groups is 1. The molecule has 0 bridgehead atoms. The fraction of sp³-hybridized carbons (Fsp3) is 0.444. The molecule has 16 heavy (non-hydrogen) atoms. The average Bonchev–Trinajstić information content (AvgIpc) is 2.29. The van der Waals surface area contributed by atoms with Crippen molar-refractivity contribution in [2.75, 3.05) is 31.1 Å². The lowest BCUT2D eigenvalue weighted by molar-refractivity contribution is -0.605. The van der Waals surface area contributed by atoms with Gasteiger partial charge in [0.1, 0.15) is 0 Å². The van der Waals surface area contributed by atoms with Gasteiger partial charge in [0.25, 0.3) is 0 Å². The summed E-state index contributed by atoms with van der Waals surface area (Å²) in [5.41, 5.74) is 0.373. The van der Waals surface area contributed by atoms with Crippen LogP contribution in [-0.4, -0.2) is 31.1 Å². The molecular formula is C9H12N4O3. The Morgan fingerprint density at radius 2 is 2.12 bits per heavy atom. The molecular weight excluding hydrogens is 212 g/mol. The van der Waals surface area contributed by atoms with Crippen LogP contribution in [0.5, 0.6) is 0 Å². The number of nitrogens with zero attached hydrogens (tertiary/aromatic N) is 3. The third-order valence-electron chi connectivity index (χ3n) is 2.55. The fourth-order valence-corrected chi connectivity index (χ4v) is 1.76. The molecule has 2 rings (SSSR count). The minimum absolute atomic E-state index is 0.0194. The van der Waals surface area contributed by atoms with E-state index in [0.29, 0.717) is 23.5 Å². The van der Waals surface area contributed by atoms with E-state index in [4.69, 9.17) is 0 Å². The van der Waals surface area contributed by atoms with Gasteiger partial charge in [0.2, 0.25) is 6.20 Å². The van der Waals surface area contributed by atoms with Crippen molar-refractivity contribution in [1.29, 1.82) is 0 Å². The monoisotopic (exact) mass is 224 g/mol. The number of anilines is 1. The summed E-state index contributed by atoms with van der Waals surface area (Å²) in [7, 11) is 0. The van der Waals surface area contributed by atoms with Crippen LogP contribution in [0.2, 0.25) is 0 Å². The zero-order chi connectivity index (χ0) is 11.5. The fourth-order valence-electron chi connectivity index (χ4n) is 1.76. The summed E-state index contributed by atoms with van der Waals surface area (Å²) in [5.74, 6) is 0. The number of aromatic nitrogens is 1. The van der Waals surface area contributed by atoms with E-state index in [9.17, 15) is 15.3 Å². The van der Waals surface area contributed by atoms with Gasteiger partial charge < -0.3 is 15.4 Å². The maximum Gasteiger partial charge on any atom is 0.304 e. The topological polar surface area (TPSA) is 85.3 Å². The predicted octanol–water partition coefficient (Wildman–Crippen LogP) is -0.362. The summed E-state index contributed by atoms with van der Waals surface area (Å²) in [6, 6.07) is 1.24. The van der Waals surface area contributed by atoms with Gasteiger partial charge in [0.15, 0.2) is 11.9 Å². The first-order valence-corrected chi connectivity index (χ1v) is 5.01. The maximum absolute atomic E-state index is 11.2. The summed E-state index contributed by atoms with van der Waals surface area (Å²) >= 11 is 0. The Bertz CT molecular complexity index is 404. The van der Waals surface area contributed by atoms with Gasteiger partial charge in [-0.05, 0) is 0 Å². The number of rotatable bonds is 2. The van der Waals surface area contributed by atoms with E-state index >= 15 is 0 Å². The van der Waals surface area contributed by atoms with Crippen molar-refractivity contribution in [2.24, 2.45) is 0 Å². The highest BCUT2D eigenvalue weighted by atomic mass is 16.6. The van der Waals surface area contributed by atoms with Crippen LogP contribution < -0.4 is 14.9 Å². The second-order valence-electron chi connectivity index (χ2n) is 3.57. The highest BCUT2D eigenvalue weighted by molar-refractivity contribution is 5.60. The molecule has 0 spiro atoms. The van der Waals surface area contributed by atoms with Crippen molar-refractivity contribution in [1.82, 2.24) is 5.32 Å². The molecule has 7 heteroatoms. The number of hydrogen-bond donors (Lipinski definition) is 1. The van der Waals surface area contributed by atoms with E-state index < -0.39 is 4.92 Å². The summed E-state index contributed by atoms with van der Waals surface area (Å²) in [6.07, 6.45) is 2.40. The molecule has 1 aliphatic rings. The molecule has 7 nitrogen and oxygen atoms in total. The third kappa shape index (κ3) is 2.03. The van der Waals surface area contributed by atoms with E-state index in [1.165, 1.54) is 12.3 Å². The van der Waals surface area contributed by atoms with E-state index in [1.54, 1.807) is 0 Å². The van der Waals surface area contributed by atoms with Crippen LogP contribution in [0.1, 0.15) is 0 Å². The van der Waals surface area contributed by atoms with Crippen molar-refractivity contribution in [3.8, 4) is 0 Å². The molecule has 1 N–H and O–H groups in total. The lowest BCUT2D eigenvalue weighted by Crippen LogP contribution is -2.44. The summed E-state index contributed by atoms with van der Waals surface area (Å²) in [6.45, 7) is 2.88. The molecule has 0 aromatic carbocycles. The van der Waals surface area contributed by atoms with Crippen LogP contribution in [0.3, 0.4) is 0 Å². The number of piperazine rings is 1. The van der Waals surface area contributed by atoms with Gasteiger partial charge in [0.05, 0.1) is 11.0 Å². The normalized spacial score (nSPS) is 16.1. The first-order valence-electron chi connectivity index (χ1n) is 5.01. The Balaban J connectivity index is 2.36. The molecule has 0 radical (unpaired) electrons. The van der Waals surface area contributed by atoms with Gasteiger partial charge in [-0.15, -0.1) is 0 Å². The molecule has 0 amide bonds. The average molecular weight is 224 g/mol. The first kappa shape index (κ1) is 10.6. The standard InChI is InChI=1S/C9H12N4O3/c14-12-4-1-8(13(15)16)9(7-12)11-5-2-10-3-6-11/h1,4,7,10H,2-3,5-6H2. The SMILES string of the molecule is O=[N+]([O-])c1cc[n+]([O-])cc1N1CCNCC1. The molecule has 1 aromatic rings. The molecule has 1 aliphatic heterocycles. The lowest BCUT2D eigenvalue weighted by Gasteiger charge is -2.27. The number of hydrogen-bond acceptors (Lipinski definition) is 5. The second-order valence-corrected chi connectivity index (χ2v) is 3.57.